The summed E-state index contributed by atoms with van der Waals surface area (Å²) in [5.74, 6) is -1.28. The molecule has 0 fully saturated rings. The second kappa shape index (κ2) is 8.22. The standard InChI is InChI=1S/C20H15NO4S/c22-18(14-6-2-1-3-7-14)12-25-20(24)16-8-4-5-9-17(16)21-19(23)15-10-11-26-13-15/h1-11,13H,12H2,(H,21,23). The minimum Gasteiger partial charge on any atom is -0.454 e. The number of esters is 1. The minimum atomic E-state index is -0.671. The number of para-hydroxylation sites is 1. The predicted molar refractivity (Wildman–Crippen MR) is 99.8 cm³/mol. The molecule has 1 heterocycles. The molecule has 0 unspecified atom stereocenters. The molecular weight excluding hydrogens is 350 g/mol. The van der Waals surface area contributed by atoms with Crippen molar-refractivity contribution in [2.45, 2.75) is 0 Å². The van der Waals surface area contributed by atoms with E-state index in [2.05, 4.69) is 5.32 Å². The van der Waals surface area contributed by atoms with Gasteiger partial charge in [0.15, 0.2) is 12.4 Å². The number of hydrogen-bond donors (Lipinski definition) is 1. The van der Waals surface area contributed by atoms with Gasteiger partial charge in [-0.2, -0.15) is 11.3 Å². The first kappa shape index (κ1) is 17.6. The van der Waals surface area contributed by atoms with E-state index in [0.29, 0.717) is 16.8 Å². The first-order chi connectivity index (χ1) is 12.6. The number of rotatable bonds is 6. The molecule has 1 aromatic heterocycles. The summed E-state index contributed by atoms with van der Waals surface area (Å²) in [7, 11) is 0. The molecule has 2 aromatic carbocycles. The highest BCUT2D eigenvalue weighted by atomic mass is 32.1. The lowest BCUT2D eigenvalue weighted by Gasteiger charge is -2.10. The Morgan fingerprint density at radius 1 is 0.885 bits per heavy atom. The van der Waals surface area contributed by atoms with Crippen LogP contribution in [0.5, 0.6) is 0 Å². The van der Waals surface area contributed by atoms with Gasteiger partial charge in [-0.1, -0.05) is 42.5 Å². The van der Waals surface area contributed by atoms with Crippen LogP contribution in [0.2, 0.25) is 0 Å². The number of anilines is 1. The fraction of sp³-hybridized carbons (Fsp3) is 0.0500. The summed E-state index contributed by atoms with van der Waals surface area (Å²) >= 11 is 1.41. The summed E-state index contributed by atoms with van der Waals surface area (Å²) in [6, 6.07) is 16.8. The molecule has 0 atom stereocenters. The molecule has 0 aliphatic carbocycles. The van der Waals surface area contributed by atoms with Crippen LogP contribution >= 0.6 is 11.3 Å². The first-order valence-electron chi connectivity index (χ1n) is 7.83. The van der Waals surface area contributed by atoms with Crippen molar-refractivity contribution in [3.63, 3.8) is 0 Å². The Bertz CT molecular complexity index is 920. The van der Waals surface area contributed by atoms with E-state index in [9.17, 15) is 14.4 Å². The number of benzene rings is 2. The van der Waals surface area contributed by atoms with Crippen LogP contribution in [-0.4, -0.2) is 24.3 Å². The van der Waals surface area contributed by atoms with Crippen molar-refractivity contribution in [2.75, 3.05) is 11.9 Å². The molecule has 0 aliphatic heterocycles. The lowest BCUT2D eigenvalue weighted by Crippen LogP contribution is -2.18. The van der Waals surface area contributed by atoms with Gasteiger partial charge in [0.1, 0.15) is 0 Å². The monoisotopic (exact) mass is 365 g/mol. The van der Waals surface area contributed by atoms with Crippen molar-refractivity contribution in [1.82, 2.24) is 0 Å². The Morgan fingerprint density at radius 3 is 2.35 bits per heavy atom. The van der Waals surface area contributed by atoms with Gasteiger partial charge in [0.05, 0.1) is 16.8 Å². The highest BCUT2D eigenvalue weighted by Crippen LogP contribution is 2.18. The summed E-state index contributed by atoms with van der Waals surface area (Å²) in [5.41, 5.74) is 1.51. The van der Waals surface area contributed by atoms with Crippen LogP contribution in [0.3, 0.4) is 0 Å². The number of amides is 1. The molecule has 3 aromatic rings. The second-order valence-electron chi connectivity index (χ2n) is 5.38. The Balaban J connectivity index is 1.68. The third-order valence-electron chi connectivity index (χ3n) is 3.61. The van der Waals surface area contributed by atoms with Gasteiger partial charge in [0.25, 0.3) is 5.91 Å². The van der Waals surface area contributed by atoms with Gasteiger partial charge < -0.3 is 10.1 Å². The van der Waals surface area contributed by atoms with E-state index >= 15 is 0 Å². The van der Waals surface area contributed by atoms with Crippen LogP contribution in [0.15, 0.2) is 71.4 Å². The van der Waals surface area contributed by atoms with E-state index < -0.39 is 5.97 Å². The molecule has 0 saturated carbocycles. The van der Waals surface area contributed by atoms with E-state index in [0.717, 1.165) is 0 Å². The van der Waals surface area contributed by atoms with Crippen LogP contribution in [-0.2, 0) is 4.74 Å². The fourth-order valence-electron chi connectivity index (χ4n) is 2.27. The lowest BCUT2D eigenvalue weighted by molar-refractivity contribution is 0.0475. The zero-order chi connectivity index (χ0) is 18.4. The van der Waals surface area contributed by atoms with Crippen molar-refractivity contribution >= 4 is 34.7 Å². The molecule has 6 heteroatoms. The van der Waals surface area contributed by atoms with Crippen molar-refractivity contribution in [3.05, 3.63) is 88.1 Å². The smallest absolute Gasteiger partial charge is 0.340 e. The van der Waals surface area contributed by atoms with Gasteiger partial charge in [-0.15, -0.1) is 0 Å². The molecule has 0 radical (unpaired) electrons. The predicted octanol–water partition coefficient (Wildman–Crippen LogP) is 4.04. The van der Waals surface area contributed by atoms with Gasteiger partial charge in [0, 0.05) is 10.9 Å². The van der Waals surface area contributed by atoms with E-state index in [1.165, 1.54) is 11.3 Å². The Labute approximate surface area is 154 Å². The van der Waals surface area contributed by atoms with Crippen LogP contribution < -0.4 is 5.32 Å². The summed E-state index contributed by atoms with van der Waals surface area (Å²) < 4.78 is 5.12. The number of carbonyl (C=O) groups excluding carboxylic acids is 3. The van der Waals surface area contributed by atoms with Gasteiger partial charge in [-0.25, -0.2) is 4.79 Å². The minimum absolute atomic E-state index is 0.192. The molecule has 1 amide bonds. The second-order valence-corrected chi connectivity index (χ2v) is 6.16. The molecule has 26 heavy (non-hydrogen) atoms. The lowest BCUT2D eigenvalue weighted by atomic mass is 10.1. The number of thiophene rings is 1. The summed E-state index contributed by atoms with van der Waals surface area (Å²) in [4.78, 5) is 36.6. The average molecular weight is 365 g/mol. The van der Waals surface area contributed by atoms with Crippen molar-refractivity contribution in [3.8, 4) is 0 Å². The van der Waals surface area contributed by atoms with E-state index in [4.69, 9.17) is 4.74 Å². The quantitative estimate of drug-likeness (QED) is 0.528. The number of hydrogen-bond acceptors (Lipinski definition) is 5. The number of carbonyl (C=O) groups is 3. The third-order valence-corrected chi connectivity index (χ3v) is 4.29. The maximum atomic E-state index is 12.3. The first-order valence-corrected chi connectivity index (χ1v) is 8.77. The molecule has 0 saturated heterocycles. The number of ether oxygens (including phenoxy) is 1. The van der Waals surface area contributed by atoms with Crippen molar-refractivity contribution in [1.29, 1.82) is 0 Å². The van der Waals surface area contributed by atoms with E-state index in [-0.39, 0.29) is 23.9 Å². The van der Waals surface area contributed by atoms with Crippen LogP contribution in [0.1, 0.15) is 31.1 Å². The third kappa shape index (κ3) is 4.23. The maximum absolute atomic E-state index is 12.3. The van der Waals surface area contributed by atoms with Crippen LogP contribution in [0, 0.1) is 0 Å². The SMILES string of the molecule is O=C(COC(=O)c1ccccc1NC(=O)c1ccsc1)c1ccccc1. The maximum Gasteiger partial charge on any atom is 0.340 e. The molecule has 130 valence electrons. The normalized spacial score (nSPS) is 10.2. The van der Waals surface area contributed by atoms with Gasteiger partial charge in [0.2, 0.25) is 0 Å². The fourth-order valence-corrected chi connectivity index (χ4v) is 2.91. The molecule has 0 bridgehead atoms. The largest absolute Gasteiger partial charge is 0.454 e. The van der Waals surface area contributed by atoms with E-state index in [1.807, 2.05) is 0 Å². The number of Topliss-reactive ketones (excluding diaryl/α,β-unsaturated/α-hetero) is 1. The molecule has 5 nitrogen and oxygen atoms in total. The van der Waals surface area contributed by atoms with Crippen LogP contribution in [0.25, 0.3) is 0 Å². The zero-order valence-corrected chi connectivity index (χ0v) is 14.5. The number of nitrogens with one attached hydrogen (secondary N) is 1. The molecule has 0 aliphatic rings. The molecule has 1 N–H and O–H groups in total. The molecule has 0 spiro atoms. The summed E-state index contributed by atoms with van der Waals surface area (Å²) in [6.07, 6.45) is 0. The Kier molecular flexibility index (Phi) is 5.56. The molecule has 3 rings (SSSR count). The topological polar surface area (TPSA) is 72.5 Å². The van der Waals surface area contributed by atoms with Gasteiger partial charge >= 0.3 is 5.97 Å². The highest BCUT2D eigenvalue weighted by Gasteiger charge is 2.17. The van der Waals surface area contributed by atoms with Gasteiger partial charge in [-0.3, -0.25) is 9.59 Å². The van der Waals surface area contributed by atoms with Crippen molar-refractivity contribution in [2.24, 2.45) is 0 Å². The highest BCUT2D eigenvalue weighted by molar-refractivity contribution is 7.08. The average Bonchev–Trinajstić information content (AvgIpc) is 3.22. The van der Waals surface area contributed by atoms with Crippen LogP contribution in [0.4, 0.5) is 5.69 Å². The summed E-state index contributed by atoms with van der Waals surface area (Å²) in [6.45, 7) is -0.365. The van der Waals surface area contributed by atoms with E-state index in [1.54, 1.807) is 71.4 Å². The zero-order valence-electron chi connectivity index (χ0n) is 13.7. The van der Waals surface area contributed by atoms with Gasteiger partial charge in [-0.05, 0) is 23.6 Å². The summed E-state index contributed by atoms with van der Waals surface area (Å²) in [5, 5.41) is 6.21. The molecular formula is C20H15NO4S. The number of ketones is 1. The Hall–Kier alpha value is -3.25. The van der Waals surface area contributed by atoms with Crippen molar-refractivity contribution < 1.29 is 19.1 Å². The Morgan fingerprint density at radius 2 is 1.62 bits per heavy atom.